The topological polar surface area (TPSA) is 86.0 Å². The van der Waals surface area contributed by atoms with Crippen molar-refractivity contribution in [2.45, 2.75) is 26.8 Å². The van der Waals surface area contributed by atoms with Crippen LogP contribution in [0.4, 0.5) is 17.5 Å². The van der Waals surface area contributed by atoms with Crippen LogP contribution in [0.25, 0.3) is 0 Å². The van der Waals surface area contributed by atoms with Gasteiger partial charge in [0.15, 0.2) is 22.5 Å². The summed E-state index contributed by atoms with van der Waals surface area (Å²) in [6.07, 6.45) is 3.09. The minimum absolute atomic E-state index is 0.142. The van der Waals surface area contributed by atoms with E-state index in [-0.39, 0.29) is 5.95 Å². The van der Waals surface area contributed by atoms with Crippen molar-refractivity contribution in [3.05, 3.63) is 32.9 Å². The Kier molecular flexibility index (Phi) is 7.38. The van der Waals surface area contributed by atoms with Crippen LogP contribution < -0.4 is 29.7 Å². The lowest BCUT2D eigenvalue weighted by Gasteiger charge is -2.23. The highest BCUT2D eigenvalue weighted by atomic mass is 79.9. The molecule has 0 amide bonds. The van der Waals surface area contributed by atoms with Crippen LogP contribution in [-0.2, 0) is 6.54 Å². The van der Waals surface area contributed by atoms with Crippen molar-refractivity contribution in [3.8, 4) is 17.2 Å². The van der Waals surface area contributed by atoms with Crippen LogP contribution in [0, 0.1) is 0 Å². The molecule has 0 unspecified atom stereocenters. The van der Waals surface area contributed by atoms with Crippen molar-refractivity contribution in [2.75, 3.05) is 50.1 Å². The molecule has 2 heterocycles. The molecule has 1 aliphatic heterocycles. The van der Waals surface area contributed by atoms with Crippen LogP contribution in [0.3, 0.4) is 0 Å². The lowest BCUT2D eigenvalue weighted by Crippen LogP contribution is -2.31. The Morgan fingerprint density at radius 3 is 2.48 bits per heavy atom. The number of nitrogens with two attached hydrogens (primary N) is 1. The molecular weight excluding hydrogens is 486 g/mol. The molecule has 0 aliphatic carbocycles. The van der Waals surface area contributed by atoms with Crippen LogP contribution in [0.2, 0.25) is 5.15 Å². The maximum atomic E-state index is 6.46. The Morgan fingerprint density at radius 2 is 1.87 bits per heavy atom. The van der Waals surface area contributed by atoms with Gasteiger partial charge in [0.1, 0.15) is 5.69 Å². The van der Waals surface area contributed by atoms with E-state index in [4.69, 9.17) is 31.5 Å². The molecule has 8 nitrogen and oxygen atoms in total. The van der Waals surface area contributed by atoms with E-state index in [2.05, 4.69) is 55.6 Å². The summed E-state index contributed by atoms with van der Waals surface area (Å²) < 4.78 is 17.3. The van der Waals surface area contributed by atoms with Crippen molar-refractivity contribution in [3.63, 3.8) is 0 Å². The van der Waals surface area contributed by atoms with Crippen molar-refractivity contribution in [1.29, 1.82) is 0 Å². The van der Waals surface area contributed by atoms with Gasteiger partial charge in [-0.15, -0.1) is 0 Å². The fraction of sp³-hybridized carbons (Fsp3) is 0.429. The third kappa shape index (κ3) is 4.77. The van der Waals surface area contributed by atoms with Gasteiger partial charge in [-0.25, -0.2) is 0 Å². The summed E-state index contributed by atoms with van der Waals surface area (Å²) in [5, 5.41) is 0.353. The second-order valence-corrected chi connectivity index (χ2v) is 8.49. The van der Waals surface area contributed by atoms with Crippen molar-refractivity contribution in [1.82, 2.24) is 9.97 Å². The number of anilines is 3. The Labute approximate surface area is 196 Å². The van der Waals surface area contributed by atoms with Crippen molar-refractivity contribution in [2.24, 2.45) is 0 Å². The Morgan fingerprint density at radius 1 is 1.16 bits per heavy atom. The van der Waals surface area contributed by atoms with Gasteiger partial charge in [-0.05, 0) is 47.8 Å². The second kappa shape index (κ2) is 9.82. The smallest absolute Gasteiger partial charge is 0.223 e. The zero-order chi connectivity index (χ0) is 22.7. The minimum Gasteiger partial charge on any atom is -0.493 e. The highest BCUT2D eigenvalue weighted by Gasteiger charge is 2.32. The molecule has 0 saturated carbocycles. The number of allylic oxidation sites excluding steroid dienone is 1. The number of hydrogen-bond donors (Lipinski definition) is 1. The van der Waals surface area contributed by atoms with E-state index in [1.807, 2.05) is 6.07 Å². The lowest BCUT2D eigenvalue weighted by atomic mass is 10.1. The van der Waals surface area contributed by atoms with Crippen LogP contribution in [0.15, 0.2) is 22.2 Å². The zero-order valence-corrected chi connectivity index (χ0v) is 20.7. The number of halogens is 2. The van der Waals surface area contributed by atoms with E-state index in [1.165, 1.54) is 5.57 Å². The zero-order valence-electron chi connectivity index (χ0n) is 18.3. The molecule has 168 valence electrons. The first-order valence-electron chi connectivity index (χ1n) is 9.74. The molecule has 2 N–H and O–H groups in total. The van der Waals surface area contributed by atoms with Crippen LogP contribution in [-0.4, -0.2) is 44.5 Å². The van der Waals surface area contributed by atoms with Crippen LogP contribution in [0.1, 0.15) is 25.8 Å². The number of aromatic nitrogens is 2. The summed E-state index contributed by atoms with van der Waals surface area (Å²) in [5.41, 5.74) is 8.92. The van der Waals surface area contributed by atoms with Gasteiger partial charge in [0.25, 0.3) is 0 Å². The number of nitrogen functional groups attached to an aromatic ring is 1. The molecular formula is C21H27BrClN5O3. The van der Waals surface area contributed by atoms with E-state index in [0.717, 1.165) is 28.7 Å². The van der Waals surface area contributed by atoms with Crippen molar-refractivity contribution >= 4 is 45.0 Å². The van der Waals surface area contributed by atoms with E-state index < -0.39 is 0 Å². The average molecular weight is 513 g/mol. The summed E-state index contributed by atoms with van der Waals surface area (Å²) in [5.74, 6) is 2.52. The van der Waals surface area contributed by atoms with E-state index in [9.17, 15) is 0 Å². The van der Waals surface area contributed by atoms with E-state index in [1.54, 1.807) is 21.3 Å². The van der Waals surface area contributed by atoms with Gasteiger partial charge in [-0.1, -0.05) is 23.3 Å². The maximum Gasteiger partial charge on any atom is 0.223 e. The van der Waals surface area contributed by atoms with Gasteiger partial charge in [0.05, 0.1) is 32.5 Å². The average Bonchev–Trinajstić information content (AvgIpc) is 3.06. The third-order valence-corrected chi connectivity index (χ3v) is 6.09. The van der Waals surface area contributed by atoms with Gasteiger partial charge >= 0.3 is 0 Å². The molecule has 1 aromatic carbocycles. The molecule has 1 aromatic heterocycles. The SMILES string of the molecule is COc1cc(CN2CN(CCC=C(C)C)c3c(Cl)nc(N)nc32)c(Br)c(OC)c1OC. The van der Waals surface area contributed by atoms with Gasteiger partial charge in [0.2, 0.25) is 11.7 Å². The monoisotopic (exact) mass is 511 g/mol. The fourth-order valence-corrected chi connectivity index (χ4v) is 4.45. The quantitative estimate of drug-likeness (QED) is 0.404. The minimum atomic E-state index is 0.142. The summed E-state index contributed by atoms with van der Waals surface area (Å²) in [4.78, 5) is 12.9. The van der Waals surface area contributed by atoms with Crippen LogP contribution in [0.5, 0.6) is 17.2 Å². The maximum absolute atomic E-state index is 6.46. The highest BCUT2D eigenvalue weighted by molar-refractivity contribution is 9.10. The largest absolute Gasteiger partial charge is 0.493 e. The number of benzene rings is 1. The van der Waals surface area contributed by atoms with Crippen molar-refractivity contribution < 1.29 is 14.2 Å². The molecule has 31 heavy (non-hydrogen) atoms. The number of hydrogen-bond acceptors (Lipinski definition) is 8. The highest BCUT2D eigenvalue weighted by Crippen LogP contribution is 2.46. The first-order valence-corrected chi connectivity index (χ1v) is 10.9. The van der Waals surface area contributed by atoms with E-state index in [0.29, 0.717) is 41.4 Å². The van der Waals surface area contributed by atoms with Gasteiger partial charge in [-0.3, -0.25) is 0 Å². The predicted molar refractivity (Wildman–Crippen MR) is 128 cm³/mol. The predicted octanol–water partition coefficient (Wildman–Crippen LogP) is 4.64. The number of methoxy groups -OCH3 is 3. The lowest BCUT2D eigenvalue weighted by molar-refractivity contribution is 0.322. The van der Waals surface area contributed by atoms with Gasteiger partial charge < -0.3 is 29.7 Å². The van der Waals surface area contributed by atoms with Gasteiger partial charge in [0, 0.05) is 13.1 Å². The first kappa shape index (κ1) is 23.3. The molecule has 0 saturated heterocycles. The molecule has 1 aliphatic rings. The van der Waals surface area contributed by atoms with E-state index >= 15 is 0 Å². The standard InChI is InChI=1S/C21H27BrClN5O3/c1-12(2)7-6-8-27-11-28(20-16(27)19(23)25-21(24)26-20)10-13-9-14(29-3)17(30-4)18(31-5)15(13)22/h7,9H,6,8,10-11H2,1-5H3,(H2,24,25,26). The molecule has 3 rings (SSSR count). The summed E-state index contributed by atoms with van der Waals surface area (Å²) in [6.45, 7) is 6.09. The molecule has 0 fully saturated rings. The first-order chi connectivity index (χ1) is 14.8. The molecule has 2 aromatic rings. The molecule has 0 atom stereocenters. The number of nitrogens with zero attached hydrogens (tertiary/aromatic N) is 4. The Hall–Kier alpha value is -2.39. The summed E-state index contributed by atoms with van der Waals surface area (Å²) in [6, 6.07) is 1.92. The summed E-state index contributed by atoms with van der Waals surface area (Å²) in [7, 11) is 4.77. The number of ether oxygens (including phenoxy) is 3. The Bertz CT molecular complexity index is 998. The normalized spacial score (nSPS) is 12.6. The molecule has 0 spiro atoms. The molecule has 0 bridgehead atoms. The Balaban J connectivity index is 1.98. The van der Waals surface area contributed by atoms with Gasteiger partial charge in [-0.2, -0.15) is 9.97 Å². The molecule has 10 heteroatoms. The second-order valence-electron chi connectivity index (χ2n) is 7.34. The summed E-state index contributed by atoms with van der Waals surface area (Å²) >= 11 is 10.1. The number of rotatable bonds is 8. The fourth-order valence-electron chi connectivity index (χ4n) is 3.58. The number of fused-ring (bicyclic) bond motifs is 1. The third-order valence-electron chi connectivity index (χ3n) is 4.96. The molecule has 0 radical (unpaired) electrons. The van der Waals surface area contributed by atoms with Crippen LogP contribution >= 0.6 is 27.5 Å².